The van der Waals surface area contributed by atoms with Gasteiger partial charge in [-0.3, -0.25) is 0 Å². The molecular formula is C6H15O2PS2. The highest BCUT2D eigenvalue weighted by atomic mass is 32.9. The standard InChI is InChI=1S/C6H15O2PS2/c1-4-5-6(2)8-9(10,11)7-3/h6H,4-5H2,1-3H3,(H,10,11). The number of hydrogen-bond donors (Lipinski definition) is 1. The zero-order valence-corrected chi connectivity index (χ0v) is 9.72. The van der Waals surface area contributed by atoms with Gasteiger partial charge in [-0.15, -0.1) is 0 Å². The first kappa shape index (κ1) is 11.9. The highest BCUT2D eigenvalue weighted by Gasteiger charge is 2.14. The summed E-state index contributed by atoms with van der Waals surface area (Å²) in [5.74, 6) is 0. The predicted octanol–water partition coefficient (Wildman–Crippen LogP) is 2.99. The van der Waals surface area contributed by atoms with Crippen molar-refractivity contribution < 1.29 is 9.05 Å². The monoisotopic (exact) mass is 214 g/mol. The van der Waals surface area contributed by atoms with Gasteiger partial charge in [0.1, 0.15) is 0 Å². The van der Waals surface area contributed by atoms with E-state index in [-0.39, 0.29) is 6.10 Å². The van der Waals surface area contributed by atoms with Crippen LogP contribution < -0.4 is 0 Å². The minimum atomic E-state index is -2.23. The van der Waals surface area contributed by atoms with Crippen molar-refractivity contribution in [3.8, 4) is 0 Å². The second-order valence-corrected chi connectivity index (χ2v) is 7.70. The number of rotatable bonds is 5. The van der Waals surface area contributed by atoms with Crippen molar-refractivity contribution in [1.29, 1.82) is 0 Å². The molecule has 0 saturated carbocycles. The molecule has 0 bridgehead atoms. The molecule has 2 unspecified atom stereocenters. The van der Waals surface area contributed by atoms with Crippen molar-refractivity contribution in [3.05, 3.63) is 0 Å². The van der Waals surface area contributed by atoms with Gasteiger partial charge in [0.15, 0.2) is 0 Å². The Hall–Kier alpha value is 0.920. The topological polar surface area (TPSA) is 18.5 Å². The maximum atomic E-state index is 5.40. The smallest absolute Gasteiger partial charge is 0.244 e. The van der Waals surface area contributed by atoms with Crippen molar-refractivity contribution in [1.82, 2.24) is 0 Å². The van der Waals surface area contributed by atoms with Crippen LogP contribution in [0.15, 0.2) is 0 Å². The first-order valence-corrected chi connectivity index (χ1v) is 7.38. The molecular weight excluding hydrogens is 199 g/mol. The fraction of sp³-hybridized carbons (Fsp3) is 1.00. The van der Waals surface area contributed by atoms with E-state index in [1.54, 1.807) is 0 Å². The summed E-state index contributed by atoms with van der Waals surface area (Å²) in [6.07, 6.45) is 2.25. The largest absolute Gasteiger partial charge is 0.325 e. The molecule has 68 valence electrons. The molecule has 0 aliphatic carbocycles. The van der Waals surface area contributed by atoms with Gasteiger partial charge in [-0.05, 0) is 25.2 Å². The van der Waals surface area contributed by atoms with E-state index in [2.05, 4.69) is 19.2 Å². The lowest BCUT2D eigenvalue weighted by molar-refractivity contribution is 0.206. The summed E-state index contributed by atoms with van der Waals surface area (Å²) >= 11 is 9.07. The summed E-state index contributed by atoms with van der Waals surface area (Å²) < 4.78 is 10.3. The Labute approximate surface area is 79.0 Å². The summed E-state index contributed by atoms with van der Waals surface area (Å²) in [4.78, 5) is 0. The lowest BCUT2D eigenvalue weighted by atomic mass is 10.2. The third kappa shape index (κ3) is 6.12. The van der Waals surface area contributed by atoms with Gasteiger partial charge in [0, 0.05) is 7.11 Å². The van der Waals surface area contributed by atoms with Crippen LogP contribution in [0.25, 0.3) is 0 Å². The van der Waals surface area contributed by atoms with E-state index in [1.807, 2.05) is 6.92 Å². The molecule has 11 heavy (non-hydrogen) atoms. The molecule has 0 N–H and O–H groups in total. The van der Waals surface area contributed by atoms with E-state index in [0.717, 1.165) is 12.8 Å². The van der Waals surface area contributed by atoms with Gasteiger partial charge in [0.25, 0.3) is 0 Å². The lowest BCUT2D eigenvalue weighted by Gasteiger charge is -2.18. The molecule has 0 fully saturated rings. The highest BCUT2D eigenvalue weighted by molar-refractivity contribution is 8.60. The average molecular weight is 214 g/mol. The van der Waals surface area contributed by atoms with Crippen LogP contribution in [-0.4, -0.2) is 13.2 Å². The summed E-state index contributed by atoms with van der Waals surface area (Å²) in [6.45, 7) is 4.09. The average Bonchev–Trinajstić information content (AvgIpc) is 1.87. The Kier molecular flexibility index (Phi) is 6.01. The zero-order chi connectivity index (χ0) is 8.91. The molecule has 0 radical (unpaired) electrons. The number of thiol groups is 1. The molecule has 0 aromatic carbocycles. The molecule has 0 rings (SSSR count). The van der Waals surface area contributed by atoms with Crippen LogP contribution in [0.5, 0.6) is 0 Å². The molecule has 0 aliphatic heterocycles. The van der Waals surface area contributed by atoms with E-state index < -0.39 is 5.69 Å². The third-order valence-electron chi connectivity index (χ3n) is 1.24. The summed E-state index contributed by atoms with van der Waals surface area (Å²) in [5.41, 5.74) is -2.23. The molecule has 2 nitrogen and oxygen atoms in total. The van der Waals surface area contributed by atoms with Gasteiger partial charge in [0.05, 0.1) is 6.10 Å². The van der Waals surface area contributed by atoms with E-state index >= 15 is 0 Å². The van der Waals surface area contributed by atoms with E-state index in [1.165, 1.54) is 7.11 Å². The Morgan fingerprint density at radius 3 is 2.55 bits per heavy atom. The van der Waals surface area contributed by atoms with E-state index in [4.69, 9.17) is 20.9 Å². The first-order valence-electron chi connectivity index (χ1n) is 3.58. The second kappa shape index (κ2) is 5.55. The quantitative estimate of drug-likeness (QED) is 0.560. The SMILES string of the molecule is CCCC(C)OP(=S)(S)OC. The van der Waals surface area contributed by atoms with Crippen molar-refractivity contribution in [2.45, 2.75) is 32.8 Å². The highest BCUT2D eigenvalue weighted by Crippen LogP contribution is 2.53. The minimum absolute atomic E-state index is 0.156. The second-order valence-electron chi connectivity index (χ2n) is 2.36. The molecule has 0 aromatic rings. The molecule has 5 heteroatoms. The van der Waals surface area contributed by atoms with Crippen LogP contribution in [0.2, 0.25) is 0 Å². The van der Waals surface area contributed by atoms with E-state index in [0.29, 0.717) is 0 Å². The van der Waals surface area contributed by atoms with Crippen LogP contribution >= 0.6 is 17.9 Å². The van der Waals surface area contributed by atoms with Crippen LogP contribution in [0.3, 0.4) is 0 Å². The van der Waals surface area contributed by atoms with Gasteiger partial charge in [-0.25, -0.2) is 0 Å². The van der Waals surface area contributed by atoms with Gasteiger partial charge in [-0.1, -0.05) is 25.6 Å². The third-order valence-corrected chi connectivity index (χ3v) is 3.80. The molecule has 0 spiro atoms. The molecule has 0 heterocycles. The molecule has 2 atom stereocenters. The van der Waals surface area contributed by atoms with Gasteiger partial charge < -0.3 is 9.05 Å². The zero-order valence-electron chi connectivity index (χ0n) is 7.11. The number of hydrogen-bond acceptors (Lipinski definition) is 3. The Balaban J connectivity index is 3.74. The molecule has 0 aliphatic rings. The van der Waals surface area contributed by atoms with Gasteiger partial charge in [-0.2, -0.15) is 0 Å². The van der Waals surface area contributed by atoms with Crippen LogP contribution in [0, 0.1) is 0 Å². The predicted molar refractivity (Wildman–Crippen MR) is 55.7 cm³/mol. The maximum absolute atomic E-state index is 5.40. The Morgan fingerprint density at radius 1 is 1.64 bits per heavy atom. The van der Waals surface area contributed by atoms with Crippen molar-refractivity contribution in [3.63, 3.8) is 0 Å². The lowest BCUT2D eigenvalue weighted by Crippen LogP contribution is -2.04. The molecule has 0 aromatic heterocycles. The fourth-order valence-electron chi connectivity index (χ4n) is 0.730. The summed E-state index contributed by atoms with van der Waals surface area (Å²) in [7, 11) is 1.53. The van der Waals surface area contributed by atoms with Crippen LogP contribution in [-0.2, 0) is 20.9 Å². The van der Waals surface area contributed by atoms with Gasteiger partial charge in [0.2, 0.25) is 5.69 Å². The molecule has 0 saturated heterocycles. The van der Waals surface area contributed by atoms with E-state index in [9.17, 15) is 0 Å². The van der Waals surface area contributed by atoms with Crippen molar-refractivity contribution in [2.24, 2.45) is 0 Å². The van der Waals surface area contributed by atoms with Crippen molar-refractivity contribution in [2.75, 3.05) is 7.11 Å². The minimum Gasteiger partial charge on any atom is -0.325 e. The fourth-order valence-corrected chi connectivity index (χ4v) is 2.30. The summed E-state index contributed by atoms with van der Waals surface area (Å²) in [6, 6.07) is 0. The normalized spacial score (nSPS) is 19.3. The maximum Gasteiger partial charge on any atom is 0.244 e. The Bertz CT molecular complexity index is 152. The molecule has 0 amide bonds. The van der Waals surface area contributed by atoms with Crippen LogP contribution in [0.4, 0.5) is 0 Å². The van der Waals surface area contributed by atoms with Crippen molar-refractivity contribution >= 4 is 29.7 Å². The van der Waals surface area contributed by atoms with Gasteiger partial charge >= 0.3 is 0 Å². The van der Waals surface area contributed by atoms with Crippen LogP contribution in [0.1, 0.15) is 26.7 Å². The first-order chi connectivity index (χ1) is 5.02. The summed E-state index contributed by atoms with van der Waals surface area (Å²) in [5, 5.41) is 0. The Morgan fingerprint density at radius 2 is 2.18 bits per heavy atom.